The monoisotopic (exact) mass is 374 g/mol. The van der Waals surface area contributed by atoms with Crippen LogP contribution in [0.2, 0.25) is 0 Å². The first-order valence-electron chi connectivity index (χ1n) is 8.93. The highest BCUT2D eigenvalue weighted by Gasteiger charge is 2.25. The molecule has 1 heterocycles. The van der Waals surface area contributed by atoms with Gasteiger partial charge in [-0.25, -0.2) is 8.78 Å². The largest absolute Gasteiger partial charge is 0.204 e. The van der Waals surface area contributed by atoms with Gasteiger partial charge in [0.1, 0.15) is 0 Å². The van der Waals surface area contributed by atoms with E-state index in [2.05, 4.69) is 24.3 Å². The number of thiophene rings is 1. The molecule has 0 bridgehead atoms. The summed E-state index contributed by atoms with van der Waals surface area (Å²) in [6.45, 7) is 0. The van der Waals surface area contributed by atoms with Crippen molar-refractivity contribution < 1.29 is 8.78 Å². The summed E-state index contributed by atoms with van der Waals surface area (Å²) >= 11 is 1.68. The first-order valence-corrected chi connectivity index (χ1v) is 9.74. The Bertz CT molecular complexity index is 1140. The van der Waals surface area contributed by atoms with Crippen LogP contribution in [0, 0.1) is 11.6 Å². The van der Waals surface area contributed by atoms with Crippen molar-refractivity contribution >= 4 is 11.3 Å². The zero-order valence-electron chi connectivity index (χ0n) is 14.5. The molecular formula is C24H16F2S. The maximum Gasteiger partial charge on any atom is 0.166 e. The van der Waals surface area contributed by atoms with Crippen LogP contribution in [0.5, 0.6) is 0 Å². The van der Waals surface area contributed by atoms with E-state index in [9.17, 15) is 8.78 Å². The summed E-state index contributed by atoms with van der Waals surface area (Å²) in [5.74, 6) is -1.54. The molecule has 0 fully saturated rings. The van der Waals surface area contributed by atoms with Crippen LogP contribution in [0.4, 0.5) is 8.78 Å². The van der Waals surface area contributed by atoms with E-state index in [1.54, 1.807) is 17.4 Å². The standard InChI is InChI=1S/C24H16F2S/c25-21-11-10-17-13-16-8-4-5-9-19(16)24-20(22(17)23(21)26)14-18(27-24)12-15-6-2-1-3-7-15/h1-11,14H,12-13H2. The molecule has 4 aromatic rings. The summed E-state index contributed by atoms with van der Waals surface area (Å²) in [4.78, 5) is 2.18. The van der Waals surface area contributed by atoms with E-state index in [0.29, 0.717) is 12.0 Å². The molecule has 0 aliphatic heterocycles. The van der Waals surface area contributed by atoms with Crippen LogP contribution >= 0.6 is 11.3 Å². The zero-order chi connectivity index (χ0) is 18.4. The lowest BCUT2D eigenvalue weighted by Crippen LogP contribution is -1.96. The Morgan fingerprint density at radius 2 is 1.56 bits per heavy atom. The summed E-state index contributed by atoms with van der Waals surface area (Å²) in [5.41, 5.74) is 5.54. The minimum atomic E-state index is -0.790. The molecular weight excluding hydrogens is 358 g/mol. The molecule has 1 aliphatic rings. The van der Waals surface area contributed by atoms with E-state index in [0.717, 1.165) is 38.4 Å². The molecule has 0 radical (unpaired) electrons. The number of halogens is 2. The smallest absolute Gasteiger partial charge is 0.166 e. The van der Waals surface area contributed by atoms with Crippen LogP contribution in [0.15, 0.2) is 72.8 Å². The zero-order valence-corrected chi connectivity index (χ0v) is 15.3. The summed E-state index contributed by atoms with van der Waals surface area (Å²) in [6.07, 6.45) is 1.39. The molecule has 1 aromatic heterocycles. The molecule has 0 N–H and O–H groups in total. The van der Waals surface area contributed by atoms with Crippen LogP contribution in [0.25, 0.3) is 21.6 Å². The molecule has 0 atom stereocenters. The molecule has 0 amide bonds. The van der Waals surface area contributed by atoms with Gasteiger partial charge in [-0.2, -0.15) is 0 Å². The Kier molecular flexibility index (Phi) is 3.91. The van der Waals surface area contributed by atoms with Gasteiger partial charge in [-0.15, -0.1) is 11.3 Å². The van der Waals surface area contributed by atoms with Crippen LogP contribution in [0.1, 0.15) is 21.6 Å². The van der Waals surface area contributed by atoms with Gasteiger partial charge >= 0.3 is 0 Å². The second-order valence-corrected chi connectivity index (χ2v) is 7.98. The summed E-state index contributed by atoms with van der Waals surface area (Å²) in [5, 5.41) is 0. The highest BCUT2D eigenvalue weighted by atomic mass is 32.1. The molecule has 0 nitrogen and oxygen atoms in total. The Hall–Kier alpha value is -2.78. The van der Waals surface area contributed by atoms with Crippen molar-refractivity contribution in [2.75, 3.05) is 0 Å². The lowest BCUT2D eigenvalue weighted by molar-refractivity contribution is 0.510. The van der Waals surface area contributed by atoms with E-state index in [1.807, 2.05) is 36.4 Å². The van der Waals surface area contributed by atoms with E-state index in [4.69, 9.17) is 0 Å². The van der Waals surface area contributed by atoms with Gasteiger partial charge in [0.25, 0.3) is 0 Å². The average Bonchev–Trinajstić information content (AvgIpc) is 3.03. The topological polar surface area (TPSA) is 0 Å². The second-order valence-electron chi connectivity index (χ2n) is 6.85. The molecule has 0 saturated heterocycles. The normalized spacial score (nSPS) is 12.1. The predicted octanol–water partition coefficient (Wildman–Crippen LogP) is 6.86. The van der Waals surface area contributed by atoms with Gasteiger partial charge in [0.05, 0.1) is 0 Å². The van der Waals surface area contributed by atoms with Crippen molar-refractivity contribution in [2.45, 2.75) is 12.8 Å². The number of benzene rings is 3. The molecule has 132 valence electrons. The maximum absolute atomic E-state index is 14.8. The third kappa shape index (κ3) is 2.79. The highest BCUT2D eigenvalue weighted by molar-refractivity contribution is 7.16. The van der Waals surface area contributed by atoms with Crippen LogP contribution in [-0.4, -0.2) is 0 Å². The first-order chi connectivity index (χ1) is 13.2. The van der Waals surface area contributed by atoms with Crippen molar-refractivity contribution in [3.8, 4) is 21.6 Å². The highest BCUT2D eigenvalue weighted by Crippen LogP contribution is 2.46. The van der Waals surface area contributed by atoms with Crippen molar-refractivity contribution in [1.29, 1.82) is 0 Å². The predicted molar refractivity (Wildman–Crippen MR) is 107 cm³/mol. The summed E-state index contributed by atoms with van der Waals surface area (Å²) in [6, 6.07) is 23.4. The molecule has 27 heavy (non-hydrogen) atoms. The number of hydrogen-bond acceptors (Lipinski definition) is 1. The fourth-order valence-corrected chi connectivity index (χ4v) is 5.10. The Labute approximate surface area is 160 Å². The quantitative estimate of drug-likeness (QED) is 0.317. The van der Waals surface area contributed by atoms with Gasteiger partial charge in [0, 0.05) is 27.3 Å². The van der Waals surface area contributed by atoms with E-state index < -0.39 is 11.6 Å². The molecule has 0 spiro atoms. The van der Waals surface area contributed by atoms with E-state index in [1.165, 1.54) is 11.6 Å². The lowest BCUT2D eigenvalue weighted by atomic mass is 9.97. The molecule has 3 heteroatoms. The fourth-order valence-electron chi connectivity index (χ4n) is 3.84. The maximum atomic E-state index is 14.8. The van der Waals surface area contributed by atoms with Crippen molar-refractivity contribution in [3.05, 3.63) is 106 Å². The van der Waals surface area contributed by atoms with Gasteiger partial charge in [-0.1, -0.05) is 60.7 Å². The van der Waals surface area contributed by atoms with Gasteiger partial charge in [-0.3, -0.25) is 0 Å². The van der Waals surface area contributed by atoms with Crippen LogP contribution < -0.4 is 0 Å². The molecule has 1 aliphatic carbocycles. The average molecular weight is 374 g/mol. The molecule has 0 saturated carbocycles. The molecule has 3 aromatic carbocycles. The fraction of sp³-hybridized carbons (Fsp3) is 0.0833. The van der Waals surface area contributed by atoms with Gasteiger partial charge < -0.3 is 0 Å². The Morgan fingerprint density at radius 3 is 2.41 bits per heavy atom. The van der Waals surface area contributed by atoms with Crippen molar-refractivity contribution in [3.63, 3.8) is 0 Å². The second kappa shape index (κ2) is 6.43. The number of fused-ring (bicyclic) bond motifs is 5. The molecule has 5 rings (SSSR count). The van der Waals surface area contributed by atoms with E-state index >= 15 is 0 Å². The minimum Gasteiger partial charge on any atom is -0.204 e. The van der Waals surface area contributed by atoms with Gasteiger partial charge in [-0.05, 0) is 40.8 Å². The van der Waals surface area contributed by atoms with E-state index in [-0.39, 0.29) is 0 Å². The summed E-state index contributed by atoms with van der Waals surface area (Å²) < 4.78 is 28.9. The third-order valence-electron chi connectivity index (χ3n) is 5.10. The SMILES string of the molecule is Fc1ccc2c(c1F)-c1cc(Cc3ccccc3)sc1-c1ccccc1C2. The number of rotatable bonds is 2. The van der Waals surface area contributed by atoms with Gasteiger partial charge in [0.2, 0.25) is 0 Å². The van der Waals surface area contributed by atoms with Crippen LogP contribution in [0.3, 0.4) is 0 Å². The lowest BCUT2D eigenvalue weighted by Gasteiger charge is -2.08. The van der Waals surface area contributed by atoms with Crippen LogP contribution in [-0.2, 0) is 12.8 Å². The first kappa shape index (κ1) is 16.4. The Morgan fingerprint density at radius 1 is 0.778 bits per heavy atom. The minimum absolute atomic E-state index is 0.414. The van der Waals surface area contributed by atoms with Gasteiger partial charge in [0.15, 0.2) is 11.6 Å². The molecule has 0 unspecified atom stereocenters. The Balaban J connectivity index is 1.74. The summed E-state index contributed by atoms with van der Waals surface area (Å²) in [7, 11) is 0. The van der Waals surface area contributed by atoms with Crippen molar-refractivity contribution in [1.82, 2.24) is 0 Å². The number of hydrogen-bond donors (Lipinski definition) is 0. The third-order valence-corrected chi connectivity index (χ3v) is 6.27. The van der Waals surface area contributed by atoms with Crippen molar-refractivity contribution in [2.24, 2.45) is 0 Å².